The van der Waals surface area contributed by atoms with E-state index in [9.17, 15) is 30.9 Å². The molecule has 0 N–H and O–H groups in total. The van der Waals surface area contributed by atoms with Gasteiger partial charge in [0.15, 0.2) is 0 Å². The second kappa shape index (κ2) is 4.79. The summed E-state index contributed by atoms with van der Waals surface area (Å²) in [5.74, 6) is -2.23. The van der Waals surface area contributed by atoms with E-state index in [1.54, 1.807) is 0 Å². The first kappa shape index (κ1) is 15.4. The van der Waals surface area contributed by atoms with Crippen molar-refractivity contribution in [2.24, 2.45) is 5.92 Å². The van der Waals surface area contributed by atoms with Crippen LogP contribution in [0.2, 0.25) is 0 Å². The van der Waals surface area contributed by atoms with Crippen LogP contribution in [0.5, 0.6) is 0 Å². The molecule has 0 fully saturated rings. The van der Waals surface area contributed by atoms with Crippen molar-refractivity contribution in [3.05, 3.63) is 35.2 Å². The van der Waals surface area contributed by atoms with E-state index in [-0.39, 0.29) is 17.6 Å². The van der Waals surface area contributed by atoms with Crippen molar-refractivity contribution < 1.29 is 30.9 Å². The molecule has 0 radical (unpaired) electrons. The second-order valence-electron chi connectivity index (χ2n) is 4.84. The number of rotatable bonds is 1. The largest absolute Gasteiger partial charge is 0.412 e. The maximum Gasteiger partial charge on any atom is 0.412 e. The van der Waals surface area contributed by atoms with Gasteiger partial charge in [-0.05, 0) is 12.5 Å². The van der Waals surface area contributed by atoms with Gasteiger partial charge in [0.2, 0.25) is 0 Å². The lowest BCUT2D eigenvalue weighted by Crippen LogP contribution is -2.27. The third kappa shape index (κ3) is 3.03. The Hall–Kier alpha value is -0.970. The minimum Gasteiger partial charge on any atom is -0.318 e. The predicted octanol–water partition coefficient (Wildman–Crippen LogP) is 4.87. The summed E-state index contributed by atoms with van der Waals surface area (Å²) in [4.78, 5) is 0. The van der Waals surface area contributed by atoms with Crippen molar-refractivity contribution in [2.75, 3.05) is 12.3 Å². The molecule has 20 heavy (non-hydrogen) atoms. The van der Waals surface area contributed by atoms with Gasteiger partial charge in [-0.3, -0.25) is 0 Å². The minimum atomic E-state index is -4.84. The molecule has 0 saturated carbocycles. The van der Waals surface area contributed by atoms with E-state index < -0.39 is 37.4 Å². The molecule has 8 heteroatoms. The standard InChI is InChI=1S/C12H11F6OP/c13-11(14,15)8-5-9(12(16,17)18)7-10(6-8)20(19)3-1-2-4-20/h1-2,6-8H,3-5H2. The van der Waals surface area contributed by atoms with E-state index in [4.69, 9.17) is 0 Å². The lowest BCUT2D eigenvalue weighted by molar-refractivity contribution is -0.165. The zero-order valence-electron chi connectivity index (χ0n) is 10.1. The molecule has 1 atom stereocenters. The SMILES string of the molecule is O=P1(C2=CC(C(F)(F)F)CC(C(F)(F)F)=C2)CC=CC1. The minimum absolute atomic E-state index is 0.0189. The molecule has 1 unspecified atom stereocenters. The van der Waals surface area contributed by atoms with Crippen molar-refractivity contribution in [1.29, 1.82) is 0 Å². The van der Waals surface area contributed by atoms with Crippen molar-refractivity contribution in [3.8, 4) is 0 Å². The number of alkyl halides is 6. The van der Waals surface area contributed by atoms with Crippen LogP contribution >= 0.6 is 7.14 Å². The summed E-state index contributed by atoms with van der Waals surface area (Å²) in [6.07, 6.45) is -6.34. The molecule has 0 bridgehead atoms. The molecule has 0 aromatic carbocycles. The van der Waals surface area contributed by atoms with Gasteiger partial charge in [0.1, 0.15) is 7.14 Å². The molecule has 1 heterocycles. The Kier molecular flexibility index (Phi) is 3.70. The molecule has 1 aliphatic carbocycles. The van der Waals surface area contributed by atoms with Gasteiger partial charge >= 0.3 is 12.4 Å². The highest BCUT2D eigenvalue weighted by molar-refractivity contribution is 7.69. The van der Waals surface area contributed by atoms with E-state index in [1.165, 1.54) is 12.2 Å². The van der Waals surface area contributed by atoms with Gasteiger partial charge in [0, 0.05) is 23.2 Å². The summed E-state index contributed by atoms with van der Waals surface area (Å²) in [6.45, 7) is 0. The number of allylic oxidation sites excluding steroid dienone is 6. The summed E-state index contributed by atoms with van der Waals surface area (Å²) in [5.41, 5.74) is -1.26. The van der Waals surface area contributed by atoms with Gasteiger partial charge in [-0.2, -0.15) is 26.3 Å². The van der Waals surface area contributed by atoms with Gasteiger partial charge in [-0.25, -0.2) is 0 Å². The Morgan fingerprint density at radius 1 is 1.05 bits per heavy atom. The highest BCUT2D eigenvalue weighted by atomic mass is 31.2. The number of halogens is 6. The zero-order chi connectivity index (χ0) is 15.2. The first-order chi connectivity index (χ1) is 9.02. The van der Waals surface area contributed by atoms with Crippen LogP contribution in [0, 0.1) is 5.92 Å². The van der Waals surface area contributed by atoms with E-state index in [1.807, 2.05) is 0 Å². The van der Waals surface area contributed by atoms with Crippen LogP contribution < -0.4 is 0 Å². The average molecular weight is 316 g/mol. The Bertz CT molecular complexity index is 525. The summed E-state index contributed by atoms with van der Waals surface area (Å²) in [6, 6.07) is 0. The van der Waals surface area contributed by atoms with E-state index in [0.717, 1.165) is 0 Å². The van der Waals surface area contributed by atoms with Gasteiger partial charge in [-0.1, -0.05) is 18.2 Å². The van der Waals surface area contributed by atoms with Crippen molar-refractivity contribution in [1.82, 2.24) is 0 Å². The summed E-state index contributed by atoms with van der Waals surface area (Å²) >= 11 is 0. The average Bonchev–Trinajstić information content (AvgIpc) is 2.75. The van der Waals surface area contributed by atoms with Gasteiger partial charge in [0.25, 0.3) is 0 Å². The molecule has 2 aliphatic rings. The smallest absolute Gasteiger partial charge is 0.318 e. The van der Waals surface area contributed by atoms with Gasteiger partial charge in [0.05, 0.1) is 5.92 Å². The monoisotopic (exact) mass is 316 g/mol. The van der Waals surface area contributed by atoms with Crippen molar-refractivity contribution >= 4 is 7.14 Å². The van der Waals surface area contributed by atoms with E-state index in [0.29, 0.717) is 12.2 Å². The third-order valence-corrected chi connectivity index (χ3v) is 6.18. The lowest BCUT2D eigenvalue weighted by atomic mass is 9.93. The Morgan fingerprint density at radius 3 is 2.05 bits per heavy atom. The highest BCUT2D eigenvalue weighted by Crippen LogP contribution is 2.60. The van der Waals surface area contributed by atoms with Crippen LogP contribution in [-0.2, 0) is 4.57 Å². The molecule has 0 spiro atoms. The lowest BCUT2D eigenvalue weighted by Gasteiger charge is -2.27. The first-order valence-corrected chi connectivity index (χ1v) is 7.90. The molecule has 112 valence electrons. The fourth-order valence-corrected chi connectivity index (χ4v) is 4.62. The third-order valence-electron chi connectivity index (χ3n) is 3.36. The Balaban J connectivity index is 2.43. The summed E-state index contributed by atoms with van der Waals surface area (Å²) in [5, 5.41) is -0.302. The van der Waals surface area contributed by atoms with Crippen molar-refractivity contribution in [2.45, 2.75) is 18.8 Å². The Labute approximate surface area is 111 Å². The number of hydrogen-bond donors (Lipinski definition) is 0. The molecule has 2 rings (SSSR count). The highest BCUT2D eigenvalue weighted by Gasteiger charge is 2.47. The van der Waals surface area contributed by atoms with Crippen molar-refractivity contribution in [3.63, 3.8) is 0 Å². The normalized spacial score (nSPS) is 26.4. The van der Waals surface area contributed by atoms with E-state index in [2.05, 4.69) is 0 Å². The van der Waals surface area contributed by atoms with Crippen LogP contribution in [0.15, 0.2) is 35.2 Å². The summed E-state index contributed by atoms with van der Waals surface area (Å²) in [7, 11) is -3.19. The fourth-order valence-electron chi connectivity index (χ4n) is 2.22. The topological polar surface area (TPSA) is 17.1 Å². The van der Waals surface area contributed by atoms with Crippen LogP contribution in [-0.4, -0.2) is 24.7 Å². The molecular formula is C12H11F6OP. The molecule has 0 aromatic heterocycles. The number of hydrogen-bond acceptors (Lipinski definition) is 1. The fraction of sp³-hybridized carbons (Fsp3) is 0.500. The molecular weight excluding hydrogens is 305 g/mol. The van der Waals surface area contributed by atoms with Gasteiger partial charge < -0.3 is 4.57 Å². The molecule has 0 aromatic rings. The van der Waals surface area contributed by atoms with Crippen LogP contribution in [0.1, 0.15) is 6.42 Å². The first-order valence-electron chi connectivity index (χ1n) is 5.82. The zero-order valence-corrected chi connectivity index (χ0v) is 11.0. The quantitative estimate of drug-likeness (QED) is 0.383. The molecule has 1 aliphatic heterocycles. The molecule has 1 nitrogen and oxygen atoms in total. The van der Waals surface area contributed by atoms with E-state index >= 15 is 0 Å². The summed E-state index contributed by atoms with van der Waals surface area (Å²) < 4.78 is 88.8. The maximum atomic E-state index is 12.7. The maximum absolute atomic E-state index is 12.7. The Morgan fingerprint density at radius 2 is 1.60 bits per heavy atom. The second-order valence-corrected chi connectivity index (χ2v) is 7.86. The predicted molar refractivity (Wildman–Crippen MR) is 62.9 cm³/mol. The van der Waals surface area contributed by atoms with Crippen LogP contribution in [0.3, 0.4) is 0 Å². The van der Waals surface area contributed by atoms with Crippen LogP contribution in [0.25, 0.3) is 0 Å². The molecule has 0 saturated heterocycles. The molecule has 0 amide bonds. The van der Waals surface area contributed by atoms with Crippen LogP contribution in [0.4, 0.5) is 26.3 Å². The van der Waals surface area contributed by atoms with Gasteiger partial charge in [-0.15, -0.1) is 0 Å².